The topological polar surface area (TPSA) is 83.1 Å². The van der Waals surface area contributed by atoms with Gasteiger partial charge >= 0.3 is 5.97 Å². The van der Waals surface area contributed by atoms with Crippen molar-refractivity contribution in [3.8, 4) is 17.2 Å². The van der Waals surface area contributed by atoms with Gasteiger partial charge < -0.3 is 24.3 Å². The lowest BCUT2D eigenvalue weighted by Gasteiger charge is -2.36. The minimum atomic E-state index is -0.591. The first-order chi connectivity index (χ1) is 19.9. The third-order valence-electron chi connectivity index (χ3n) is 7.67. The van der Waals surface area contributed by atoms with E-state index in [0.717, 1.165) is 28.1 Å². The van der Waals surface area contributed by atoms with E-state index >= 15 is 0 Å². The van der Waals surface area contributed by atoms with E-state index in [-0.39, 0.29) is 18.3 Å². The summed E-state index contributed by atoms with van der Waals surface area (Å²) < 4.78 is 22.5. The summed E-state index contributed by atoms with van der Waals surface area (Å²) in [6, 6.07) is 23.3. The molecule has 212 valence electrons. The third-order valence-corrected chi connectivity index (χ3v) is 7.67. The Bertz CT molecular complexity index is 1490. The predicted octanol–water partition coefficient (Wildman–Crippen LogP) is 6.21. The molecule has 2 atom stereocenters. The third kappa shape index (κ3) is 5.85. The fraction of sp³-hybridized carbons (Fsp3) is 0.294. The summed E-state index contributed by atoms with van der Waals surface area (Å²) in [7, 11) is 3.22. The van der Waals surface area contributed by atoms with E-state index in [0.29, 0.717) is 47.8 Å². The highest BCUT2D eigenvalue weighted by molar-refractivity contribution is 6.04. The lowest BCUT2D eigenvalue weighted by Crippen LogP contribution is -2.36. The van der Waals surface area contributed by atoms with Crippen LogP contribution in [0.4, 0.5) is 0 Å². The molecule has 1 aliphatic heterocycles. The Morgan fingerprint density at radius 2 is 1.63 bits per heavy atom. The molecule has 0 saturated heterocycles. The van der Waals surface area contributed by atoms with Crippen molar-refractivity contribution >= 4 is 11.8 Å². The van der Waals surface area contributed by atoms with Crippen LogP contribution >= 0.6 is 0 Å². The van der Waals surface area contributed by atoms with Crippen molar-refractivity contribution in [2.75, 3.05) is 20.8 Å². The molecule has 3 aromatic rings. The van der Waals surface area contributed by atoms with Crippen molar-refractivity contribution < 1.29 is 28.5 Å². The number of carbonyl (C=O) groups excluding carboxylic acids is 2. The Morgan fingerprint density at radius 3 is 2.32 bits per heavy atom. The Hall–Kier alpha value is -4.52. The second-order valence-corrected chi connectivity index (χ2v) is 10.2. The number of methoxy groups -OCH3 is 2. The number of hydrogen-bond donors (Lipinski definition) is 1. The summed E-state index contributed by atoms with van der Waals surface area (Å²) >= 11 is 0. The lowest BCUT2D eigenvalue weighted by atomic mass is 9.71. The van der Waals surface area contributed by atoms with Crippen LogP contribution in [0.25, 0.3) is 0 Å². The molecule has 0 radical (unpaired) electrons. The van der Waals surface area contributed by atoms with Gasteiger partial charge in [0.1, 0.15) is 12.4 Å². The zero-order chi connectivity index (χ0) is 28.9. The van der Waals surface area contributed by atoms with Gasteiger partial charge in [0.25, 0.3) is 0 Å². The van der Waals surface area contributed by atoms with Crippen molar-refractivity contribution in [3.63, 3.8) is 0 Å². The fourth-order valence-corrected chi connectivity index (χ4v) is 5.68. The maximum Gasteiger partial charge on any atom is 0.336 e. The maximum absolute atomic E-state index is 13.9. The van der Waals surface area contributed by atoms with E-state index in [4.69, 9.17) is 18.9 Å². The molecule has 0 amide bonds. The zero-order valence-corrected chi connectivity index (χ0v) is 23.9. The number of esters is 1. The van der Waals surface area contributed by atoms with Crippen LogP contribution in [0, 0.1) is 0 Å². The molecule has 1 heterocycles. The minimum Gasteiger partial charge on any atom is -0.497 e. The number of nitrogens with one attached hydrogen (secondary N) is 1. The van der Waals surface area contributed by atoms with Crippen LogP contribution in [-0.2, 0) is 20.9 Å². The molecule has 5 rings (SSSR count). The number of allylic oxidation sites excluding steroid dienone is 3. The molecular weight excluding hydrogens is 518 g/mol. The average molecular weight is 554 g/mol. The second-order valence-electron chi connectivity index (χ2n) is 10.2. The highest BCUT2D eigenvalue weighted by Crippen LogP contribution is 2.47. The van der Waals surface area contributed by atoms with Crippen LogP contribution in [0.1, 0.15) is 55.2 Å². The van der Waals surface area contributed by atoms with Crippen molar-refractivity contribution in [2.24, 2.45) is 0 Å². The van der Waals surface area contributed by atoms with Gasteiger partial charge in [-0.05, 0) is 67.1 Å². The van der Waals surface area contributed by atoms with Crippen LogP contribution in [0.3, 0.4) is 0 Å². The molecule has 7 heteroatoms. The van der Waals surface area contributed by atoms with Crippen LogP contribution in [0.2, 0.25) is 0 Å². The smallest absolute Gasteiger partial charge is 0.336 e. The van der Waals surface area contributed by atoms with E-state index in [2.05, 4.69) is 5.32 Å². The largest absolute Gasteiger partial charge is 0.497 e. The molecule has 1 aliphatic carbocycles. The summed E-state index contributed by atoms with van der Waals surface area (Å²) in [6.07, 6.45) is 0.987. The molecule has 2 unspecified atom stereocenters. The van der Waals surface area contributed by atoms with Gasteiger partial charge in [-0.2, -0.15) is 0 Å². The van der Waals surface area contributed by atoms with Crippen LogP contribution in [-0.4, -0.2) is 32.6 Å². The van der Waals surface area contributed by atoms with Gasteiger partial charge in [-0.15, -0.1) is 0 Å². The Morgan fingerprint density at radius 1 is 0.902 bits per heavy atom. The molecule has 1 N–H and O–H groups in total. The molecule has 0 spiro atoms. The Labute approximate surface area is 240 Å². The van der Waals surface area contributed by atoms with Gasteiger partial charge in [0.15, 0.2) is 17.3 Å². The first-order valence-corrected chi connectivity index (χ1v) is 13.8. The van der Waals surface area contributed by atoms with Gasteiger partial charge in [-0.25, -0.2) is 4.79 Å². The predicted molar refractivity (Wildman–Crippen MR) is 156 cm³/mol. The van der Waals surface area contributed by atoms with E-state index < -0.39 is 11.9 Å². The molecule has 0 bridgehead atoms. The fourth-order valence-electron chi connectivity index (χ4n) is 5.68. The quantitative estimate of drug-likeness (QED) is 0.316. The Balaban J connectivity index is 1.52. The average Bonchev–Trinajstić information content (AvgIpc) is 2.99. The van der Waals surface area contributed by atoms with Gasteiger partial charge in [-0.1, -0.05) is 48.5 Å². The summed E-state index contributed by atoms with van der Waals surface area (Å²) in [5.74, 6) is 0.863. The van der Waals surface area contributed by atoms with Crippen molar-refractivity contribution in [3.05, 3.63) is 112 Å². The molecule has 0 aromatic heterocycles. The van der Waals surface area contributed by atoms with Gasteiger partial charge in [-0.3, -0.25) is 4.79 Å². The highest BCUT2D eigenvalue weighted by atomic mass is 16.5. The minimum absolute atomic E-state index is 0.00207. The van der Waals surface area contributed by atoms with Gasteiger partial charge in [0.2, 0.25) is 0 Å². The first-order valence-electron chi connectivity index (χ1n) is 13.8. The molecule has 0 saturated carbocycles. The highest BCUT2D eigenvalue weighted by Gasteiger charge is 2.41. The van der Waals surface area contributed by atoms with E-state index in [1.165, 1.54) is 0 Å². The van der Waals surface area contributed by atoms with Gasteiger partial charge in [0.05, 0.1) is 26.4 Å². The van der Waals surface area contributed by atoms with Crippen molar-refractivity contribution in [2.45, 2.75) is 45.1 Å². The molecule has 0 fully saturated rings. The standard InChI is InChI=1S/C34H35NO6/c1-5-40-34(37)31-21(2)35-27-17-25(23-11-14-26(38-3)15-12-23)18-28(36)33(27)32(31)24-13-16-29(30(19-24)39-4)41-20-22-9-7-6-8-10-22/h6-16,19,25,32,35H,5,17-18,20H2,1-4H3. The zero-order valence-electron chi connectivity index (χ0n) is 23.9. The number of ether oxygens (including phenoxy) is 4. The number of rotatable bonds is 9. The second kappa shape index (κ2) is 12.3. The molecule has 41 heavy (non-hydrogen) atoms. The van der Waals surface area contributed by atoms with Crippen LogP contribution < -0.4 is 19.5 Å². The van der Waals surface area contributed by atoms with E-state index in [9.17, 15) is 9.59 Å². The summed E-state index contributed by atoms with van der Waals surface area (Å²) in [5.41, 5.74) is 5.42. The lowest BCUT2D eigenvalue weighted by molar-refractivity contribution is -0.138. The summed E-state index contributed by atoms with van der Waals surface area (Å²) in [4.78, 5) is 27.2. The molecule has 7 nitrogen and oxygen atoms in total. The first kappa shape index (κ1) is 28.0. The molecule has 3 aromatic carbocycles. The van der Waals surface area contributed by atoms with E-state index in [1.807, 2.05) is 79.7 Å². The monoisotopic (exact) mass is 553 g/mol. The molecular formula is C34H35NO6. The number of ketones is 1. The normalized spacial score (nSPS) is 18.4. The summed E-state index contributed by atoms with van der Waals surface area (Å²) in [6.45, 7) is 4.25. The van der Waals surface area contributed by atoms with Gasteiger partial charge in [0, 0.05) is 29.3 Å². The van der Waals surface area contributed by atoms with Crippen molar-refractivity contribution in [1.82, 2.24) is 5.32 Å². The number of Topliss-reactive ketones (excluding diaryl/α,β-unsaturated/α-hetero) is 1. The van der Waals surface area contributed by atoms with Crippen LogP contribution in [0.5, 0.6) is 17.2 Å². The molecule has 2 aliphatic rings. The van der Waals surface area contributed by atoms with Crippen molar-refractivity contribution in [1.29, 1.82) is 0 Å². The SMILES string of the molecule is CCOC(=O)C1=C(C)NC2=C(C(=O)CC(c3ccc(OC)cc3)C2)C1c1ccc(OCc2ccccc2)c(OC)c1. The Kier molecular flexibility index (Phi) is 8.43. The van der Waals surface area contributed by atoms with E-state index in [1.54, 1.807) is 21.1 Å². The number of hydrogen-bond acceptors (Lipinski definition) is 7. The number of dihydropyridines is 1. The summed E-state index contributed by atoms with van der Waals surface area (Å²) in [5, 5.41) is 3.40. The van der Waals surface area contributed by atoms with Crippen LogP contribution in [0.15, 0.2) is 95.3 Å². The maximum atomic E-state index is 13.9. The number of carbonyl (C=O) groups is 2. The number of benzene rings is 3.